The number of carbonyl (C=O) groups is 1. The number of hydrogen-bond acceptors (Lipinski definition) is 3. The van der Waals surface area contributed by atoms with E-state index in [0.717, 1.165) is 5.56 Å². The highest BCUT2D eigenvalue weighted by molar-refractivity contribution is 9.10. The van der Waals surface area contributed by atoms with Gasteiger partial charge in [-0.05, 0) is 50.1 Å². The molecule has 144 valence electrons. The van der Waals surface area contributed by atoms with E-state index in [2.05, 4.69) is 21.2 Å². The fourth-order valence-corrected chi connectivity index (χ4v) is 5.18. The molecule has 2 aromatic carbocycles. The van der Waals surface area contributed by atoms with Gasteiger partial charge >= 0.3 is 0 Å². The Balaban J connectivity index is 1.74. The highest BCUT2D eigenvalue weighted by Gasteiger charge is 2.39. The normalized spacial score (nSPS) is 17.8. The molecule has 0 saturated carbocycles. The predicted molar refractivity (Wildman–Crippen MR) is 104 cm³/mol. The van der Waals surface area contributed by atoms with Crippen molar-refractivity contribution < 1.29 is 17.6 Å². The van der Waals surface area contributed by atoms with Crippen LogP contribution in [0, 0.1) is 12.7 Å². The predicted octanol–water partition coefficient (Wildman–Crippen LogP) is 3.37. The Kier molecular flexibility index (Phi) is 5.98. The topological polar surface area (TPSA) is 66.5 Å². The van der Waals surface area contributed by atoms with E-state index in [9.17, 15) is 17.6 Å². The molecule has 1 aliphatic rings. The molecule has 1 amide bonds. The van der Waals surface area contributed by atoms with Gasteiger partial charge in [-0.1, -0.05) is 33.6 Å². The van der Waals surface area contributed by atoms with Crippen LogP contribution in [0.4, 0.5) is 4.39 Å². The summed E-state index contributed by atoms with van der Waals surface area (Å²) in [5.74, 6) is -0.836. The van der Waals surface area contributed by atoms with E-state index in [1.807, 2.05) is 6.92 Å². The Morgan fingerprint density at radius 1 is 1.26 bits per heavy atom. The van der Waals surface area contributed by atoms with E-state index in [0.29, 0.717) is 29.4 Å². The lowest BCUT2D eigenvalue weighted by atomic mass is 10.2. The Morgan fingerprint density at radius 3 is 2.67 bits per heavy atom. The van der Waals surface area contributed by atoms with Crippen molar-refractivity contribution in [3.8, 4) is 0 Å². The number of benzene rings is 2. The zero-order valence-electron chi connectivity index (χ0n) is 14.8. The molecular weight excluding hydrogens is 435 g/mol. The van der Waals surface area contributed by atoms with Gasteiger partial charge in [0.2, 0.25) is 15.9 Å². The lowest BCUT2D eigenvalue weighted by Crippen LogP contribution is -2.45. The molecule has 0 aliphatic carbocycles. The van der Waals surface area contributed by atoms with E-state index in [1.165, 1.54) is 10.4 Å². The molecule has 8 heteroatoms. The van der Waals surface area contributed by atoms with Gasteiger partial charge in [0.25, 0.3) is 0 Å². The van der Waals surface area contributed by atoms with Gasteiger partial charge in [0, 0.05) is 23.1 Å². The van der Waals surface area contributed by atoms with Crippen LogP contribution >= 0.6 is 15.9 Å². The van der Waals surface area contributed by atoms with Crippen LogP contribution in [0.1, 0.15) is 24.0 Å². The standard InChI is InChI=1S/C19H20BrFN2O3S/c1-13-4-7-16(8-5-13)27(25,26)23-10-2-3-18(23)19(24)22-12-14-11-15(20)6-9-17(14)21/h4-9,11,18H,2-3,10,12H2,1H3,(H,22,24)/t18-/m0/s1. The maximum Gasteiger partial charge on any atom is 0.243 e. The van der Waals surface area contributed by atoms with Crippen LogP contribution in [-0.4, -0.2) is 31.2 Å². The number of aryl methyl sites for hydroxylation is 1. The van der Waals surface area contributed by atoms with E-state index >= 15 is 0 Å². The SMILES string of the molecule is Cc1ccc(S(=O)(=O)N2CCC[C@H]2C(=O)NCc2cc(Br)ccc2F)cc1. The molecule has 0 unspecified atom stereocenters. The fraction of sp³-hybridized carbons (Fsp3) is 0.316. The smallest absolute Gasteiger partial charge is 0.243 e. The Morgan fingerprint density at radius 2 is 1.96 bits per heavy atom. The van der Waals surface area contributed by atoms with Crippen LogP contribution < -0.4 is 5.32 Å². The fourth-order valence-electron chi connectivity index (χ4n) is 3.11. The highest BCUT2D eigenvalue weighted by Crippen LogP contribution is 2.26. The number of rotatable bonds is 5. The number of carbonyl (C=O) groups excluding carboxylic acids is 1. The van der Waals surface area contributed by atoms with Gasteiger partial charge in [-0.3, -0.25) is 4.79 Å². The van der Waals surface area contributed by atoms with Crippen LogP contribution in [0.3, 0.4) is 0 Å². The van der Waals surface area contributed by atoms with E-state index in [1.54, 1.807) is 36.4 Å². The minimum Gasteiger partial charge on any atom is -0.351 e. The maximum atomic E-state index is 13.8. The third-order valence-electron chi connectivity index (χ3n) is 4.59. The van der Waals surface area contributed by atoms with Gasteiger partial charge in [0.15, 0.2) is 0 Å². The molecule has 1 fully saturated rings. The summed E-state index contributed by atoms with van der Waals surface area (Å²) in [6.07, 6.45) is 1.05. The molecule has 1 heterocycles. The number of nitrogens with one attached hydrogen (secondary N) is 1. The molecule has 1 aliphatic heterocycles. The van der Waals surface area contributed by atoms with Crippen molar-refractivity contribution in [2.24, 2.45) is 0 Å². The Hall–Kier alpha value is -1.77. The molecule has 1 saturated heterocycles. The second-order valence-electron chi connectivity index (χ2n) is 6.54. The van der Waals surface area contributed by atoms with Crippen LogP contribution in [-0.2, 0) is 21.4 Å². The van der Waals surface area contributed by atoms with E-state index in [4.69, 9.17) is 0 Å². The van der Waals surface area contributed by atoms with Gasteiger partial charge in [0.1, 0.15) is 11.9 Å². The molecule has 27 heavy (non-hydrogen) atoms. The summed E-state index contributed by atoms with van der Waals surface area (Å²) in [4.78, 5) is 12.8. The van der Waals surface area contributed by atoms with E-state index in [-0.39, 0.29) is 11.4 Å². The summed E-state index contributed by atoms with van der Waals surface area (Å²) in [6.45, 7) is 2.17. The third-order valence-corrected chi connectivity index (χ3v) is 7.01. The van der Waals surface area contributed by atoms with Crippen molar-refractivity contribution in [1.82, 2.24) is 9.62 Å². The van der Waals surface area contributed by atoms with Crippen molar-refractivity contribution in [2.45, 2.75) is 37.2 Å². The van der Waals surface area contributed by atoms with E-state index < -0.39 is 27.8 Å². The number of halogens is 2. The molecular formula is C19H20BrFN2O3S. The number of hydrogen-bond donors (Lipinski definition) is 1. The summed E-state index contributed by atoms with van der Waals surface area (Å²) in [5.41, 5.74) is 1.30. The second kappa shape index (κ2) is 8.08. The summed E-state index contributed by atoms with van der Waals surface area (Å²) < 4.78 is 41.6. The van der Waals surface area contributed by atoms with Crippen molar-refractivity contribution in [3.05, 3.63) is 63.9 Å². The summed E-state index contributed by atoms with van der Waals surface area (Å²) in [5, 5.41) is 2.67. The van der Waals surface area contributed by atoms with Gasteiger partial charge in [-0.25, -0.2) is 12.8 Å². The molecule has 2 aromatic rings. The number of sulfonamides is 1. The molecule has 0 aromatic heterocycles. The molecule has 0 bridgehead atoms. The summed E-state index contributed by atoms with van der Waals surface area (Å²) in [7, 11) is -3.76. The second-order valence-corrected chi connectivity index (χ2v) is 9.35. The molecule has 0 spiro atoms. The molecule has 0 radical (unpaired) electrons. The average Bonchev–Trinajstić information content (AvgIpc) is 3.13. The zero-order chi connectivity index (χ0) is 19.6. The molecule has 1 N–H and O–H groups in total. The Labute approximate surface area is 166 Å². The maximum absolute atomic E-state index is 13.8. The first-order valence-corrected chi connectivity index (χ1v) is 10.8. The van der Waals surface area contributed by atoms with Crippen LogP contribution in [0.15, 0.2) is 51.8 Å². The number of nitrogens with zero attached hydrogens (tertiary/aromatic N) is 1. The minimum absolute atomic E-state index is 0.000966. The highest BCUT2D eigenvalue weighted by atomic mass is 79.9. The third kappa shape index (κ3) is 4.39. The average molecular weight is 455 g/mol. The van der Waals surface area contributed by atoms with Crippen LogP contribution in [0.5, 0.6) is 0 Å². The van der Waals surface area contributed by atoms with Gasteiger partial charge in [0.05, 0.1) is 4.90 Å². The molecule has 1 atom stereocenters. The summed E-state index contributed by atoms with van der Waals surface area (Å²) in [6, 6.07) is 10.3. The molecule has 3 rings (SSSR count). The van der Waals surface area contributed by atoms with Gasteiger partial charge in [-0.15, -0.1) is 0 Å². The van der Waals surface area contributed by atoms with Crippen molar-refractivity contribution in [3.63, 3.8) is 0 Å². The molecule has 5 nitrogen and oxygen atoms in total. The largest absolute Gasteiger partial charge is 0.351 e. The summed E-state index contributed by atoms with van der Waals surface area (Å²) >= 11 is 3.27. The van der Waals surface area contributed by atoms with Crippen molar-refractivity contribution >= 4 is 31.9 Å². The first kappa shape index (κ1) is 20.0. The lowest BCUT2D eigenvalue weighted by Gasteiger charge is -2.23. The first-order valence-electron chi connectivity index (χ1n) is 8.59. The van der Waals surface area contributed by atoms with Crippen molar-refractivity contribution in [1.29, 1.82) is 0 Å². The van der Waals surface area contributed by atoms with Crippen LogP contribution in [0.25, 0.3) is 0 Å². The van der Waals surface area contributed by atoms with Crippen LogP contribution in [0.2, 0.25) is 0 Å². The number of amides is 1. The Bertz CT molecular complexity index is 948. The monoisotopic (exact) mass is 454 g/mol. The van der Waals surface area contributed by atoms with Gasteiger partial charge in [-0.2, -0.15) is 4.31 Å². The zero-order valence-corrected chi connectivity index (χ0v) is 17.2. The quantitative estimate of drug-likeness (QED) is 0.752. The first-order chi connectivity index (χ1) is 12.8. The lowest BCUT2D eigenvalue weighted by molar-refractivity contribution is -0.124. The van der Waals surface area contributed by atoms with Gasteiger partial charge < -0.3 is 5.32 Å². The van der Waals surface area contributed by atoms with Crippen molar-refractivity contribution in [2.75, 3.05) is 6.54 Å². The minimum atomic E-state index is -3.76.